The van der Waals surface area contributed by atoms with Gasteiger partial charge in [-0.25, -0.2) is 0 Å². The summed E-state index contributed by atoms with van der Waals surface area (Å²) in [5.41, 5.74) is 5.55. The summed E-state index contributed by atoms with van der Waals surface area (Å²) >= 11 is 0. The SMILES string of the molecule is COc1nc(N)nc(CN2CCCC2)n1. The van der Waals surface area contributed by atoms with E-state index in [2.05, 4.69) is 19.9 Å². The van der Waals surface area contributed by atoms with Crippen molar-refractivity contribution in [2.75, 3.05) is 25.9 Å². The molecule has 0 spiro atoms. The van der Waals surface area contributed by atoms with Gasteiger partial charge in [-0.15, -0.1) is 0 Å². The van der Waals surface area contributed by atoms with E-state index in [0.29, 0.717) is 5.82 Å². The maximum absolute atomic E-state index is 5.55. The quantitative estimate of drug-likeness (QED) is 0.758. The molecule has 0 radical (unpaired) electrons. The Balaban J connectivity index is 2.09. The van der Waals surface area contributed by atoms with Crippen molar-refractivity contribution in [1.29, 1.82) is 0 Å². The van der Waals surface area contributed by atoms with E-state index in [1.54, 1.807) is 0 Å². The highest BCUT2D eigenvalue weighted by Crippen LogP contribution is 2.12. The fourth-order valence-electron chi connectivity index (χ4n) is 1.72. The van der Waals surface area contributed by atoms with Crippen LogP contribution in [0.2, 0.25) is 0 Å². The Kier molecular flexibility index (Phi) is 2.96. The van der Waals surface area contributed by atoms with E-state index in [0.717, 1.165) is 19.6 Å². The lowest BCUT2D eigenvalue weighted by Gasteiger charge is -2.13. The number of likely N-dealkylation sites (tertiary alicyclic amines) is 1. The second-order valence-electron chi connectivity index (χ2n) is 3.58. The Hall–Kier alpha value is -1.43. The molecule has 0 amide bonds. The number of nitrogens with two attached hydrogens (primary N) is 1. The summed E-state index contributed by atoms with van der Waals surface area (Å²) in [6.07, 6.45) is 2.50. The Morgan fingerprint density at radius 3 is 2.67 bits per heavy atom. The molecule has 15 heavy (non-hydrogen) atoms. The second-order valence-corrected chi connectivity index (χ2v) is 3.58. The summed E-state index contributed by atoms with van der Waals surface area (Å²) in [6.45, 7) is 2.94. The van der Waals surface area contributed by atoms with Gasteiger partial charge in [0.05, 0.1) is 13.7 Å². The number of hydrogen-bond acceptors (Lipinski definition) is 6. The Bertz CT molecular complexity index is 337. The lowest BCUT2D eigenvalue weighted by Crippen LogP contribution is -2.20. The number of nitrogen functional groups attached to an aromatic ring is 1. The molecular formula is C9H15N5O. The highest BCUT2D eigenvalue weighted by molar-refractivity contribution is 5.18. The van der Waals surface area contributed by atoms with Crippen LogP contribution in [-0.4, -0.2) is 40.1 Å². The minimum atomic E-state index is 0.219. The van der Waals surface area contributed by atoms with E-state index in [1.807, 2.05) is 0 Å². The van der Waals surface area contributed by atoms with Gasteiger partial charge in [-0.05, 0) is 25.9 Å². The van der Waals surface area contributed by atoms with E-state index < -0.39 is 0 Å². The third-order valence-electron chi connectivity index (χ3n) is 2.42. The van der Waals surface area contributed by atoms with Crippen LogP contribution in [0.1, 0.15) is 18.7 Å². The zero-order chi connectivity index (χ0) is 10.7. The molecule has 2 rings (SSSR count). The molecule has 82 valence electrons. The minimum Gasteiger partial charge on any atom is -0.467 e. The lowest BCUT2D eigenvalue weighted by atomic mass is 10.4. The Morgan fingerprint density at radius 1 is 1.27 bits per heavy atom. The zero-order valence-electron chi connectivity index (χ0n) is 8.81. The molecular weight excluding hydrogens is 194 g/mol. The fourth-order valence-corrected chi connectivity index (χ4v) is 1.72. The first-order valence-corrected chi connectivity index (χ1v) is 5.04. The molecule has 0 atom stereocenters. The van der Waals surface area contributed by atoms with Crippen LogP contribution < -0.4 is 10.5 Å². The van der Waals surface area contributed by atoms with Crippen LogP contribution in [-0.2, 0) is 6.54 Å². The van der Waals surface area contributed by atoms with Crippen molar-refractivity contribution < 1.29 is 4.74 Å². The summed E-state index contributed by atoms with van der Waals surface area (Å²) in [5.74, 6) is 0.900. The normalized spacial score (nSPS) is 16.9. The number of anilines is 1. The summed E-state index contributed by atoms with van der Waals surface area (Å²) in [7, 11) is 1.52. The van der Waals surface area contributed by atoms with E-state index in [9.17, 15) is 0 Å². The van der Waals surface area contributed by atoms with Crippen LogP contribution in [0.15, 0.2) is 0 Å². The van der Waals surface area contributed by atoms with Crippen LogP contribution in [0.4, 0.5) is 5.95 Å². The maximum Gasteiger partial charge on any atom is 0.321 e. The van der Waals surface area contributed by atoms with Crippen LogP contribution >= 0.6 is 0 Å². The molecule has 0 saturated carbocycles. The number of aromatic nitrogens is 3. The molecule has 1 aliphatic heterocycles. The standard InChI is InChI=1S/C9H15N5O/c1-15-9-12-7(11-8(10)13-9)6-14-4-2-3-5-14/h2-6H2,1H3,(H2,10,11,12,13). The molecule has 1 aromatic rings. The smallest absolute Gasteiger partial charge is 0.321 e. The molecule has 0 aromatic carbocycles. The van der Waals surface area contributed by atoms with Gasteiger partial charge in [-0.1, -0.05) is 0 Å². The third-order valence-corrected chi connectivity index (χ3v) is 2.42. The van der Waals surface area contributed by atoms with E-state index in [-0.39, 0.29) is 12.0 Å². The Morgan fingerprint density at radius 2 is 2.00 bits per heavy atom. The van der Waals surface area contributed by atoms with Gasteiger partial charge in [0.15, 0.2) is 5.82 Å². The van der Waals surface area contributed by atoms with Gasteiger partial charge in [0.1, 0.15) is 0 Å². The highest BCUT2D eigenvalue weighted by atomic mass is 16.5. The Labute approximate surface area is 88.5 Å². The number of nitrogens with zero attached hydrogens (tertiary/aromatic N) is 4. The highest BCUT2D eigenvalue weighted by Gasteiger charge is 2.14. The fraction of sp³-hybridized carbons (Fsp3) is 0.667. The molecule has 0 bridgehead atoms. The lowest BCUT2D eigenvalue weighted by molar-refractivity contribution is 0.315. The van der Waals surface area contributed by atoms with Crippen molar-refractivity contribution in [2.45, 2.75) is 19.4 Å². The molecule has 6 nitrogen and oxygen atoms in total. The first-order chi connectivity index (χ1) is 7.28. The molecule has 2 heterocycles. The van der Waals surface area contributed by atoms with Crippen molar-refractivity contribution in [2.24, 2.45) is 0 Å². The van der Waals surface area contributed by atoms with Crippen molar-refractivity contribution in [3.63, 3.8) is 0 Å². The molecule has 0 unspecified atom stereocenters. The largest absolute Gasteiger partial charge is 0.467 e. The van der Waals surface area contributed by atoms with Gasteiger partial charge in [0.25, 0.3) is 0 Å². The summed E-state index contributed by atoms with van der Waals surface area (Å²) in [5, 5.41) is 0. The predicted molar refractivity (Wildman–Crippen MR) is 55.3 cm³/mol. The van der Waals surface area contributed by atoms with Crippen LogP contribution in [0, 0.1) is 0 Å². The number of rotatable bonds is 3. The van der Waals surface area contributed by atoms with Gasteiger partial charge < -0.3 is 10.5 Å². The zero-order valence-corrected chi connectivity index (χ0v) is 8.81. The van der Waals surface area contributed by atoms with Crippen molar-refractivity contribution in [3.8, 4) is 6.01 Å². The molecule has 2 N–H and O–H groups in total. The summed E-state index contributed by atoms with van der Waals surface area (Å²) in [6, 6.07) is 0.289. The van der Waals surface area contributed by atoms with Gasteiger partial charge in [-0.2, -0.15) is 15.0 Å². The molecule has 1 saturated heterocycles. The number of methoxy groups -OCH3 is 1. The predicted octanol–water partition coefficient (Wildman–Crippen LogP) is 0.0582. The topological polar surface area (TPSA) is 77.2 Å². The summed E-state index contributed by atoms with van der Waals surface area (Å²) < 4.78 is 4.94. The van der Waals surface area contributed by atoms with Crippen molar-refractivity contribution >= 4 is 5.95 Å². The average Bonchev–Trinajstić information content (AvgIpc) is 2.69. The summed E-state index contributed by atoms with van der Waals surface area (Å²) in [4.78, 5) is 14.4. The number of ether oxygens (including phenoxy) is 1. The second kappa shape index (κ2) is 4.39. The molecule has 1 fully saturated rings. The van der Waals surface area contributed by atoms with E-state index in [4.69, 9.17) is 10.5 Å². The monoisotopic (exact) mass is 209 g/mol. The molecule has 0 aliphatic carbocycles. The molecule has 1 aromatic heterocycles. The van der Waals surface area contributed by atoms with E-state index >= 15 is 0 Å². The average molecular weight is 209 g/mol. The first-order valence-electron chi connectivity index (χ1n) is 5.04. The maximum atomic E-state index is 5.55. The molecule has 1 aliphatic rings. The van der Waals surface area contributed by atoms with Crippen molar-refractivity contribution in [1.82, 2.24) is 19.9 Å². The van der Waals surface area contributed by atoms with Crippen LogP contribution in [0.3, 0.4) is 0 Å². The van der Waals surface area contributed by atoms with Gasteiger partial charge in [0.2, 0.25) is 5.95 Å². The van der Waals surface area contributed by atoms with Crippen molar-refractivity contribution in [3.05, 3.63) is 5.82 Å². The first kappa shape index (κ1) is 10.1. The van der Waals surface area contributed by atoms with E-state index in [1.165, 1.54) is 20.0 Å². The minimum absolute atomic E-state index is 0.219. The third kappa shape index (κ3) is 2.53. The van der Waals surface area contributed by atoms with Crippen LogP contribution in [0.25, 0.3) is 0 Å². The molecule has 6 heteroatoms. The number of hydrogen-bond donors (Lipinski definition) is 1. The van der Waals surface area contributed by atoms with Gasteiger partial charge >= 0.3 is 6.01 Å². The van der Waals surface area contributed by atoms with Gasteiger partial charge in [-0.3, -0.25) is 4.90 Å². The van der Waals surface area contributed by atoms with Crippen LogP contribution in [0.5, 0.6) is 6.01 Å². The van der Waals surface area contributed by atoms with Gasteiger partial charge in [0, 0.05) is 0 Å².